The number of allylic oxidation sites excluding steroid dienone is 3. The number of hydrogen-bond acceptors (Lipinski definition) is 1. The van der Waals surface area contributed by atoms with Crippen LogP contribution in [0.2, 0.25) is 25.7 Å². The van der Waals surface area contributed by atoms with Crippen molar-refractivity contribution in [3.8, 4) is 0 Å². The predicted molar refractivity (Wildman–Crippen MR) is 82.6 cm³/mol. The van der Waals surface area contributed by atoms with Crippen molar-refractivity contribution in [2.45, 2.75) is 64.2 Å². The molecule has 2 heteroatoms. The van der Waals surface area contributed by atoms with Crippen molar-refractivity contribution in [2.75, 3.05) is 0 Å². The van der Waals surface area contributed by atoms with E-state index in [1.54, 1.807) is 0 Å². The van der Waals surface area contributed by atoms with Crippen LogP contribution in [0.5, 0.6) is 0 Å². The molecule has 0 aromatic carbocycles. The number of carbonyl (C=O) groups is 1. The lowest BCUT2D eigenvalue weighted by Gasteiger charge is -2.15. The van der Waals surface area contributed by atoms with Gasteiger partial charge in [0.15, 0.2) is 0 Å². The van der Waals surface area contributed by atoms with E-state index in [1.807, 2.05) is 0 Å². The predicted octanol–water partition coefficient (Wildman–Crippen LogP) is 4.98. The molecule has 102 valence electrons. The average Bonchev–Trinajstić information content (AvgIpc) is 2.61. The average molecular weight is 264 g/mol. The molecule has 0 aromatic heterocycles. The molecule has 0 aliphatic heterocycles. The second-order valence-electron chi connectivity index (χ2n) is 6.78. The van der Waals surface area contributed by atoms with Crippen LogP contribution in [0.25, 0.3) is 0 Å². The minimum Gasteiger partial charge on any atom is -0.299 e. The Bertz CT molecular complexity index is 322. The van der Waals surface area contributed by atoms with Gasteiger partial charge in [-0.1, -0.05) is 43.9 Å². The third-order valence-corrected chi connectivity index (χ3v) is 4.98. The van der Waals surface area contributed by atoms with E-state index in [9.17, 15) is 4.79 Å². The van der Waals surface area contributed by atoms with Crippen LogP contribution in [0, 0.1) is 5.92 Å². The Kier molecular flexibility index (Phi) is 6.07. The van der Waals surface area contributed by atoms with E-state index in [2.05, 4.69) is 38.4 Å². The van der Waals surface area contributed by atoms with Gasteiger partial charge in [-0.15, -0.1) is 0 Å². The Balaban J connectivity index is 2.13. The van der Waals surface area contributed by atoms with Gasteiger partial charge < -0.3 is 0 Å². The van der Waals surface area contributed by atoms with E-state index in [-0.39, 0.29) is 0 Å². The van der Waals surface area contributed by atoms with E-state index in [0.717, 1.165) is 38.5 Å². The van der Waals surface area contributed by atoms with Gasteiger partial charge in [0, 0.05) is 20.4 Å². The molecule has 0 N–H and O–H groups in total. The van der Waals surface area contributed by atoms with Crippen LogP contribution in [0.1, 0.15) is 38.5 Å². The van der Waals surface area contributed by atoms with Crippen LogP contribution in [0.3, 0.4) is 0 Å². The van der Waals surface area contributed by atoms with Crippen LogP contribution < -0.4 is 0 Å². The fraction of sp³-hybridized carbons (Fsp3) is 0.688. The molecule has 0 amide bonds. The standard InChI is InChI=1S/C16H28OSi/c1-14(13-18(2,3)4)9-6-5-7-10-15-11-8-12-16(15)17/h6,9,15H,1,5,7-8,10-13H2,2-4H3. The zero-order valence-corrected chi connectivity index (χ0v) is 13.3. The van der Waals surface area contributed by atoms with Crippen molar-refractivity contribution in [1.29, 1.82) is 0 Å². The van der Waals surface area contributed by atoms with Crippen molar-refractivity contribution in [3.63, 3.8) is 0 Å². The largest absolute Gasteiger partial charge is 0.299 e. The van der Waals surface area contributed by atoms with Crippen LogP contribution in [-0.4, -0.2) is 13.9 Å². The minimum absolute atomic E-state index is 0.378. The summed E-state index contributed by atoms with van der Waals surface area (Å²) in [7, 11) is -1.01. The molecule has 1 saturated carbocycles. The summed E-state index contributed by atoms with van der Waals surface area (Å²) in [5.74, 6) is 0.880. The molecule has 1 unspecified atom stereocenters. The van der Waals surface area contributed by atoms with Gasteiger partial charge in [0.2, 0.25) is 0 Å². The lowest BCUT2D eigenvalue weighted by atomic mass is 9.99. The monoisotopic (exact) mass is 264 g/mol. The SMILES string of the molecule is C=C(C=CCCCC1CCCC1=O)C[Si](C)(C)C. The molecule has 0 spiro atoms. The van der Waals surface area contributed by atoms with E-state index < -0.39 is 8.07 Å². The molecular formula is C16H28OSi. The third kappa shape index (κ3) is 6.34. The van der Waals surface area contributed by atoms with Crippen molar-refractivity contribution in [3.05, 3.63) is 24.3 Å². The first kappa shape index (κ1) is 15.4. The molecule has 0 saturated heterocycles. The number of ketones is 1. The summed E-state index contributed by atoms with van der Waals surface area (Å²) in [5.41, 5.74) is 1.27. The van der Waals surface area contributed by atoms with Crippen LogP contribution in [0.15, 0.2) is 24.3 Å². The zero-order valence-electron chi connectivity index (χ0n) is 12.3. The minimum atomic E-state index is -1.01. The number of rotatable bonds is 7. The van der Waals surface area contributed by atoms with Gasteiger partial charge >= 0.3 is 0 Å². The molecule has 1 atom stereocenters. The molecule has 1 nitrogen and oxygen atoms in total. The summed E-state index contributed by atoms with van der Waals surface area (Å²) >= 11 is 0. The topological polar surface area (TPSA) is 17.1 Å². The molecule has 0 heterocycles. The van der Waals surface area contributed by atoms with Gasteiger partial charge in [-0.3, -0.25) is 4.79 Å². The fourth-order valence-electron chi connectivity index (χ4n) is 2.67. The molecule has 18 heavy (non-hydrogen) atoms. The number of carbonyl (C=O) groups excluding carboxylic acids is 1. The van der Waals surface area contributed by atoms with Gasteiger partial charge in [0.25, 0.3) is 0 Å². The fourth-order valence-corrected chi connectivity index (χ4v) is 4.15. The Morgan fingerprint density at radius 2 is 2.17 bits per heavy atom. The summed E-state index contributed by atoms with van der Waals surface area (Å²) in [6.45, 7) is 11.2. The number of unbranched alkanes of at least 4 members (excludes halogenated alkanes) is 1. The maximum Gasteiger partial charge on any atom is 0.135 e. The lowest BCUT2D eigenvalue weighted by molar-refractivity contribution is -0.120. The molecule has 0 bridgehead atoms. The maximum absolute atomic E-state index is 11.5. The third-order valence-electron chi connectivity index (χ3n) is 3.47. The van der Waals surface area contributed by atoms with Crippen LogP contribution >= 0.6 is 0 Å². The Morgan fingerprint density at radius 3 is 2.72 bits per heavy atom. The van der Waals surface area contributed by atoms with Crippen LogP contribution in [0.4, 0.5) is 0 Å². The first-order chi connectivity index (χ1) is 8.38. The summed E-state index contributed by atoms with van der Waals surface area (Å²) in [5, 5.41) is 0. The molecule has 1 aliphatic carbocycles. The van der Waals surface area contributed by atoms with E-state index in [0.29, 0.717) is 11.7 Å². The molecule has 1 rings (SSSR count). The van der Waals surface area contributed by atoms with Crippen LogP contribution in [-0.2, 0) is 4.79 Å². The van der Waals surface area contributed by atoms with Gasteiger partial charge in [0.1, 0.15) is 5.78 Å². The van der Waals surface area contributed by atoms with Crippen molar-refractivity contribution in [2.24, 2.45) is 5.92 Å². The highest BCUT2D eigenvalue weighted by molar-refractivity contribution is 6.76. The quantitative estimate of drug-likeness (QED) is 0.360. The molecule has 1 fully saturated rings. The normalized spacial score (nSPS) is 20.8. The summed E-state index contributed by atoms with van der Waals surface area (Å²) in [4.78, 5) is 11.5. The van der Waals surface area contributed by atoms with E-state index in [4.69, 9.17) is 0 Å². The Labute approximate surface area is 113 Å². The van der Waals surface area contributed by atoms with Gasteiger partial charge in [-0.05, 0) is 38.1 Å². The highest BCUT2D eigenvalue weighted by Crippen LogP contribution is 2.26. The zero-order chi connectivity index (χ0) is 13.6. The molecule has 1 aliphatic rings. The highest BCUT2D eigenvalue weighted by Gasteiger charge is 2.23. The summed E-state index contributed by atoms with van der Waals surface area (Å²) < 4.78 is 0. The maximum atomic E-state index is 11.5. The summed E-state index contributed by atoms with van der Waals surface area (Å²) in [6.07, 6.45) is 10.8. The van der Waals surface area contributed by atoms with Gasteiger partial charge in [-0.25, -0.2) is 0 Å². The highest BCUT2D eigenvalue weighted by atomic mass is 28.3. The smallest absolute Gasteiger partial charge is 0.135 e. The van der Waals surface area contributed by atoms with E-state index in [1.165, 1.54) is 11.6 Å². The molecule has 0 radical (unpaired) electrons. The van der Waals surface area contributed by atoms with Gasteiger partial charge in [0.05, 0.1) is 0 Å². The second kappa shape index (κ2) is 7.08. The second-order valence-corrected chi connectivity index (χ2v) is 12.3. The Hall–Kier alpha value is -0.633. The van der Waals surface area contributed by atoms with Crippen molar-refractivity contribution >= 4 is 13.9 Å². The van der Waals surface area contributed by atoms with Gasteiger partial charge in [-0.2, -0.15) is 0 Å². The first-order valence-electron chi connectivity index (χ1n) is 7.25. The number of Topliss-reactive ketones (excluding diaryl/α,β-unsaturated/α-hetero) is 1. The Morgan fingerprint density at radius 1 is 1.44 bits per heavy atom. The number of hydrogen-bond donors (Lipinski definition) is 0. The molecule has 0 aromatic rings. The van der Waals surface area contributed by atoms with Crippen molar-refractivity contribution in [1.82, 2.24) is 0 Å². The first-order valence-corrected chi connectivity index (χ1v) is 11.0. The lowest BCUT2D eigenvalue weighted by Crippen LogP contribution is -2.19. The van der Waals surface area contributed by atoms with E-state index >= 15 is 0 Å². The summed E-state index contributed by atoms with van der Waals surface area (Å²) in [6, 6.07) is 1.19. The van der Waals surface area contributed by atoms with Crippen molar-refractivity contribution < 1.29 is 4.79 Å². The molecular weight excluding hydrogens is 236 g/mol.